The third kappa shape index (κ3) is 2.51. The zero-order valence-electron chi connectivity index (χ0n) is 10.8. The van der Waals surface area contributed by atoms with Gasteiger partial charge in [0.2, 0.25) is 0 Å². The molecule has 0 aliphatic carbocycles. The van der Waals surface area contributed by atoms with Gasteiger partial charge in [-0.3, -0.25) is 0 Å². The van der Waals surface area contributed by atoms with Crippen LogP contribution in [-0.4, -0.2) is 11.2 Å². The molecular formula is C15H16N2S2. The molecule has 0 amide bonds. The number of hydrogen-bond acceptors (Lipinski definition) is 2. The van der Waals surface area contributed by atoms with Crippen LogP contribution in [-0.2, 0) is 13.0 Å². The topological polar surface area (TPSA) is 15.3 Å². The highest BCUT2D eigenvalue weighted by Gasteiger charge is 2.28. The number of benzene rings is 1. The molecule has 2 nitrogen and oxygen atoms in total. The Balaban J connectivity index is 1.73. The molecule has 1 unspecified atom stereocenters. The molecule has 19 heavy (non-hydrogen) atoms. The van der Waals surface area contributed by atoms with Crippen LogP contribution in [0.25, 0.3) is 0 Å². The fraction of sp³-hybridized carbons (Fsp3) is 0.267. The number of hydrogen-bond donors (Lipinski definition) is 1. The number of anilines is 1. The van der Waals surface area contributed by atoms with Crippen LogP contribution >= 0.6 is 23.6 Å². The van der Waals surface area contributed by atoms with Gasteiger partial charge in [0.1, 0.15) is 0 Å². The molecule has 1 aliphatic rings. The molecule has 0 bridgehead atoms. The highest BCUT2D eigenvalue weighted by atomic mass is 32.1. The third-order valence-electron chi connectivity index (χ3n) is 3.42. The van der Waals surface area contributed by atoms with E-state index < -0.39 is 0 Å². The van der Waals surface area contributed by atoms with Crippen molar-refractivity contribution >= 4 is 34.4 Å². The lowest BCUT2D eigenvalue weighted by Gasteiger charge is -2.25. The zero-order chi connectivity index (χ0) is 13.2. The second-order valence-corrected chi connectivity index (χ2v) is 6.21. The number of rotatable bonds is 2. The molecule has 1 aliphatic heterocycles. The fourth-order valence-electron chi connectivity index (χ4n) is 2.54. The minimum absolute atomic E-state index is 0.431. The molecule has 2 aromatic rings. The monoisotopic (exact) mass is 288 g/mol. The second-order valence-electron chi connectivity index (χ2n) is 4.79. The van der Waals surface area contributed by atoms with E-state index in [1.807, 2.05) is 0 Å². The number of nitrogens with zero attached hydrogens (tertiary/aromatic N) is 1. The van der Waals surface area contributed by atoms with Crippen molar-refractivity contribution in [3.05, 3.63) is 52.2 Å². The van der Waals surface area contributed by atoms with Crippen LogP contribution in [0, 0.1) is 0 Å². The molecule has 1 N–H and O–H groups in total. The number of thiocarbonyl (C=S) groups is 1. The molecule has 4 heteroatoms. The lowest BCUT2D eigenvalue weighted by atomic mass is 10.1. The number of para-hydroxylation sites is 1. The summed E-state index contributed by atoms with van der Waals surface area (Å²) >= 11 is 7.31. The Kier molecular flexibility index (Phi) is 3.53. The van der Waals surface area contributed by atoms with Crippen LogP contribution in [0.15, 0.2) is 41.8 Å². The van der Waals surface area contributed by atoms with Gasteiger partial charge in [0.15, 0.2) is 5.11 Å². The highest BCUT2D eigenvalue weighted by Crippen LogP contribution is 2.31. The summed E-state index contributed by atoms with van der Waals surface area (Å²) in [4.78, 5) is 3.54. The maximum Gasteiger partial charge on any atom is 0.174 e. The van der Waals surface area contributed by atoms with Gasteiger partial charge < -0.3 is 10.2 Å². The quantitative estimate of drug-likeness (QED) is 0.851. The van der Waals surface area contributed by atoms with Crippen LogP contribution in [0.3, 0.4) is 0 Å². The lowest BCUT2D eigenvalue weighted by Crippen LogP contribution is -2.42. The molecule has 0 radical (unpaired) electrons. The first-order chi connectivity index (χ1) is 9.25. The zero-order valence-corrected chi connectivity index (χ0v) is 12.4. The van der Waals surface area contributed by atoms with Crippen LogP contribution in [0.4, 0.5) is 5.69 Å². The predicted molar refractivity (Wildman–Crippen MR) is 85.8 cm³/mol. The molecule has 1 aromatic carbocycles. The standard InChI is InChI=1S/C15H16N2S2/c1-11-9-12-5-2-3-7-14(12)17(11)15(18)16-10-13-6-4-8-19-13/h2-8,11H,9-10H2,1H3,(H,16,18). The maximum absolute atomic E-state index is 5.56. The largest absolute Gasteiger partial charge is 0.357 e. The van der Waals surface area contributed by atoms with Crippen LogP contribution in [0.1, 0.15) is 17.4 Å². The number of fused-ring (bicyclic) bond motifs is 1. The van der Waals surface area contributed by atoms with Crippen molar-refractivity contribution in [2.24, 2.45) is 0 Å². The summed E-state index contributed by atoms with van der Waals surface area (Å²) < 4.78 is 0. The van der Waals surface area contributed by atoms with E-state index in [2.05, 4.69) is 58.9 Å². The molecule has 2 heterocycles. The van der Waals surface area contributed by atoms with Gasteiger partial charge in [0.05, 0.1) is 6.54 Å². The van der Waals surface area contributed by atoms with Crippen molar-refractivity contribution in [2.45, 2.75) is 25.9 Å². The van der Waals surface area contributed by atoms with Crippen LogP contribution in [0.2, 0.25) is 0 Å². The second kappa shape index (κ2) is 5.31. The smallest absolute Gasteiger partial charge is 0.174 e. The Bertz CT molecular complexity index is 578. The summed E-state index contributed by atoms with van der Waals surface area (Å²) in [5, 5.41) is 6.28. The SMILES string of the molecule is CC1Cc2ccccc2N1C(=S)NCc1cccs1. The first kappa shape index (κ1) is 12.6. The molecule has 1 atom stereocenters. The van der Waals surface area contributed by atoms with E-state index in [4.69, 9.17) is 12.2 Å². The van der Waals surface area contributed by atoms with Gasteiger partial charge in [-0.1, -0.05) is 24.3 Å². The average Bonchev–Trinajstić information content (AvgIpc) is 3.02. The molecule has 1 aromatic heterocycles. The average molecular weight is 288 g/mol. The van der Waals surface area contributed by atoms with Gasteiger partial charge >= 0.3 is 0 Å². The van der Waals surface area contributed by atoms with E-state index in [1.165, 1.54) is 16.1 Å². The van der Waals surface area contributed by atoms with Gasteiger partial charge in [-0.15, -0.1) is 11.3 Å². The lowest BCUT2D eigenvalue weighted by molar-refractivity contribution is 0.757. The summed E-state index contributed by atoms with van der Waals surface area (Å²) in [6, 6.07) is 13.1. The van der Waals surface area contributed by atoms with Crippen LogP contribution in [0.5, 0.6) is 0 Å². The first-order valence-electron chi connectivity index (χ1n) is 6.43. The predicted octanol–water partition coefficient (Wildman–Crippen LogP) is 3.57. The molecule has 0 spiro atoms. The van der Waals surface area contributed by atoms with Crippen molar-refractivity contribution in [2.75, 3.05) is 4.90 Å². The van der Waals surface area contributed by atoms with Gasteiger partial charge in [0.25, 0.3) is 0 Å². The van der Waals surface area contributed by atoms with Gasteiger partial charge in [-0.2, -0.15) is 0 Å². The van der Waals surface area contributed by atoms with Crippen molar-refractivity contribution in [3.8, 4) is 0 Å². The van der Waals surface area contributed by atoms with E-state index >= 15 is 0 Å². The fourth-order valence-corrected chi connectivity index (χ4v) is 3.53. The van der Waals surface area contributed by atoms with Crippen molar-refractivity contribution < 1.29 is 0 Å². The van der Waals surface area contributed by atoms with E-state index in [1.54, 1.807) is 11.3 Å². The van der Waals surface area contributed by atoms with E-state index in [-0.39, 0.29) is 0 Å². The summed E-state index contributed by atoms with van der Waals surface area (Å²) in [6.07, 6.45) is 1.07. The Labute approximate surface area is 123 Å². The Morgan fingerprint density at radius 2 is 2.21 bits per heavy atom. The minimum atomic E-state index is 0.431. The normalized spacial score (nSPS) is 17.3. The number of nitrogens with one attached hydrogen (secondary N) is 1. The third-order valence-corrected chi connectivity index (χ3v) is 4.64. The molecule has 0 saturated carbocycles. The molecule has 0 fully saturated rings. The van der Waals surface area contributed by atoms with Gasteiger partial charge in [0, 0.05) is 16.6 Å². The molecule has 0 saturated heterocycles. The molecule has 98 valence electrons. The molecule has 3 rings (SSSR count). The van der Waals surface area contributed by atoms with Crippen LogP contribution < -0.4 is 10.2 Å². The summed E-state index contributed by atoms with van der Waals surface area (Å²) in [6.45, 7) is 3.03. The summed E-state index contributed by atoms with van der Waals surface area (Å²) in [5.41, 5.74) is 2.63. The minimum Gasteiger partial charge on any atom is -0.357 e. The maximum atomic E-state index is 5.56. The highest BCUT2D eigenvalue weighted by molar-refractivity contribution is 7.80. The number of thiophene rings is 1. The van der Waals surface area contributed by atoms with E-state index in [9.17, 15) is 0 Å². The Morgan fingerprint density at radius 3 is 3.00 bits per heavy atom. The van der Waals surface area contributed by atoms with E-state index in [0.29, 0.717) is 6.04 Å². The first-order valence-corrected chi connectivity index (χ1v) is 7.72. The van der Waals surface area contributed by atoms with Crippen molar-refractivity contribution in [1.82, 2.24) is 5.32 Å². The summed E-state index contributed by atoms with van der Waals surface area (Å²) in [5.74, 6) is 0. The van der Waals surface area contributed by atoms with Gasteiger partial charge in [-0.25, -0.2) is 0 Å². The Morgan fingerprint density at radius 1 is 1.37 bits per heavy atom. The van der Waals surface area contributed by atoms with E-state index in [0.717, 1.165) is 18.1 Å². The summed E-state index contributed by atoms with van der Waals surface area (Å²) in [7, 11) is 0. The molecular weight excluding hydrogens is 272 g/mol. The van der Waals surface area contributed by atoms with Gasteiger partial charge in [-0.05, 0) is 48.6 Å². The van der Waals surface area contributed by atoms with Crippen molar-refractivity contribution in [3.63, 3.8) is 0 Å². The van der Waals surface area contributed by atoms with Crippen molar-refractivity contribution in [1.29, 1.82) is 0 Å². The Hall–Kier alpha value is -1.39.